The Balaban J connectivity index is 1.59. The third kappa shape index (κ3) is 3.32. The van der Waals surface area contributed by atoms with Crippen LogP contribution in [0.25, 0.3) is 0 Å². The topological polar surface area (TPSA) is 75.4 Å². The second-order valence-corrected chi connectivity index (χ2v) is 6.34. The standard InChI is InChI=1S/C18H21N3O3/c1-12(2)17-16(20-11-24-17)18(23)19-9-13-8-15(22)21(10-13)14-6-4-3-5-7-14/h3-7,11-13H,8-10H2,1-2H3,(H,19,23). The molecule has 126 valence electrons. The zero-order valence-corrected chi connectivity index (χ0v) is 13.9. The SMILES string of the molecule is CC(C)c1ocnc1C(=O)NCC1CC(=O)N(c2ccccc2)C1. The fourth-order valence-corrected chi connectivity index (χ4v) is 2.93. The lowest BCUT2D eigenvalue weighted by Crippen LogP contribution is -2.32. The molecule has 1 unspecified atom stereocenters. The average Bonchev–Trinajstić information content (AvgIpc) is 3.20. The molecule has 1 aromatic carbocycles. The first-order valence-corrected chi connectivity index (χ1v) is 8.13. The van der Waals surface area contributed by atoms with Crippen LogP contribution in [0.1, 0.15) is 42.4 Å². The summed E-state index contributed by atoms with van der Waals surface area (Å²) in [5.74, 6) is 0.606. The molecule has 1 aliphatic heterocycles. The summed E-state index contributed by atoms with van der Waals surface area (Å²) in [4.78, 5) is 30.3. The quantitative estimate of drug-likeness (QED) is 0.916. The van der Waals surface area contributed by atoms with Gasteiger partial charge in [0.1, 0.15) is 5.76 Å². The molecule has 2 amide bonds. The Morgan fingerprint density at radius 1 is 1.38 bits per heavy atom. The molecule has 0 spiro atoms. The number of hydrogen-bond donors (Lipinski definition) is 1. The van der Waals surface area contributed by atoms with E-state index in [4.69, 9.17) is 4.42 Å². The van der Waals surface area contributed by atoms with E-state index in [0.29, 0.717) is 31.0 Å². The minimum absolute atomic E-state index is 0.0877. The van der Waals surface area contributed by atoms with Crippen LogP contribution in [0.2, 0.25) is 0 Å². The van der Waals surface area contributed by atoms with E-state index in [2.05, 4.69) is 10.3 Å². The van der Waals surface area contributed by atoms with E-state index in [1.165, 1.54) is 6.39 Å². The second kappa shape index (κ2) is 6.86. The van der Waals surface area contributed by atoms with Crippen LogP contribution in [-0.2, 0) is 4.79 Å². The maximum absolute atomic E-state index is 12.3. The molecular weight excluding hydrogens is 306 g/mol. The van der Waals surface area contributed by atoms with Crippen molar-refractivity contribution in [2.45, 2.75) is 26.2 Å². The summed E-state index contributed by atoms with van der Waals surface area (Å²) >= 11 is 0. The van der Waals surface area contributed by atoms with Gasteiger partial charge in [0.15, 0.2) is 12.1 Å². The largest absolute Gasteiger partial charge is 0.447 e. The fourth-order valence-electron chi connectivity index (χ4n) is 2.93. The van der Waals surface area contributed by atoms with Crippen molar-refractivity contribution in [3.05, 3.63) is 48.2 Å². The van der Waals surface area contributed by atoms with Gasteiger partial charge >= 0.3 is 0 Å². The summed E-state index contributed by atoms with van der Waals surface area (Å²) in [5, 5.41) is 2.87. The molecule has 1 saturated heterocycles. The van der Waals surface area contributed by atoms with Crippen LogP contribution < -0.4 is 10.2 Å². The molecule has 1 aliphatic rings. The van der Waals surface area contributed by atoms with E-state index in [-0.39, 0.29) is 23.7 Å². The van der Waals surface area contributed by atoms with E-state index in [9.17, 15) is 9.59 Å². The number of nitrogens with zero attached hydrogens (tertiary/aromatic N) is 2. The van der Waals surface area contributed by atoms with Crippen LogP contribution in [-0.4, -0.2) is 29.9 Å². The molecule has 0 saturated carbocycles. The minimum atomic E-state index is -0.252. The highest BCUT2D eigenvalue weighted by atomic mass is 16.3. The van der Waals surface area contributed by atoms with Crippen molar-refractivity contribution in [2.75, 3.05) is 18.0 Å². The Morgan fingerprint density at radius 2 is 2.12 bits per heavy atom. The molecule has 0 aliphatic carbocycles. The van der Waals surface area contributed by atoms with Gasteiger partial charge in [-0.15, -0.1) is 0 Å². The first kappa shape index (κ1) is 16.2. The van der Waals surface area contributed by atoms with Crippen LogP contribution in [0, 0.1) is 5.92 Å². The number of carbonyl (C=O) groups is 2. The highest BCUT2D eigenvalue weighted by Gasteiger charge is 2.31. The minimum Gasteiger partial charge on any atom is -0.447 e. The number of benzene rings is 1. The maximum atomic E-state index is 12.3. The maximum Gasteiger partial charge on any atom is 0.273 e. The van der Waals surface area contributed by atoms with Crippen molar-refractivity contribution in [1.82, 2.24) is 10.3 Å². The average molecular weight is 327 g/mol. The van der Waals surface area contributed by atoms with Gasteiger partial charge < -0.3 is 14.6 Å². The van der Waals surface area contributed by atoms with Crippen molar-refractivity contribution < 1.29 is 14.0 Å². The van der Waals surface area contributed by atoms with Gasteiger partial charge in [0.25, 0.3) is 5.91 Å². The van der Waals surface area contributed by atoms with Crippen molar-refractivity contribution in [3.63, 3.8) is 0 Å². The smallest absolute Gasteiger partial charge is 0.273 e. The lowest BCUT2D eigenvalue weighted by Gasteiger charge is -2.16. The summed E-state index contributed by atoms with van der Waals surface area (Å²) in [6.45, 7) is 4.95. The number of hydrogen-bond acceptors (Lipinski definition) is 4. The lowest BCUT2D eigenvalue weighted by atomic mass is 10.1. The Morgan fingerprint density at radius 3 is 2.83 bits per heavy atom. The molecule has 3 rings (SSSR count). The van der Waals surface area contributed by atoms with Gasteiger partial charge in [-0.25, -0.2) is 4.98 Å². The summed E-state index contributed by atoms with van der Waals surface area (Å²) < 4.78 is 5.28. The van der Waals surface area contributed by atoms with Gasteiger partial charge in [0, 0.05) is 37.0 Å². The van der Waals surface area contributed by atoms with E-state index in [1.807, 2.05) is 44.2 Å². The molecule has 1 N–H and O–H groups in total. The molecular formula is C18H21N3O3. The predicted octanol–water partition coefficient (Wildman–Crippen LogP) is 2.58. The Bertz CT molecular complexity index is 724. The van der Waals surface area contributed by atoms with Gasteiger partial charge in [-0.1, -0.05) is 32.0 Å². The van der Waals surface area contributed by atoms with Gasteiger partial charge in [-0.05, 0) is 12.1 Å². The first-order valence-electron chi connectivity index (χ1n) is 8.13. The normalized spacial score (nSPS) is 17.5. The number of nitrogens with one attached hydrogen (secondary N) is 1. The molecule has 1 fully saturated rings. The van der Waals surface area contributed by atoms with Gasteiger partial charge in [0.05, 0.1) is 0 Å². The van der Waals surface area contributed by atoms with Crippen LogP contribution in [0.15, 0.2) is 41.1 Å². The highest BCUT2D eigenvalue weighted by molar-refractivity contribution is 5.96. The molecule has 2 aromatic rings. The molecule has 1 atom stereocenters. The number of aromatic nitrogens is 1. The van der Waals surface area contributed by atoms with Crippen LogP contribution >= 0.6 is 0 Å². The third-order valence-corrected chi connectivity index (χ3v) is 4.16. The van der Waals surface area contributed by atoms with E-state index in [0.717, 1.165) is 5.69 Å². The second-order valence-electron chi connectivity index (χ2n) is 6.34. The summed E-state index contributed by atoms with van der Waals surface area (Å²) in [5.41, 5.74) is 1.23. The number of para-hydroxylation sites is 1. The van der Waals surface area contributed by atoms with Gasteiger partial charge in [0.2, 0.25) is 5.91 Å². The molecule has 0 radical (unpaired) electrons. The molecule has 1 aromatic heterocycles. The number of oxazole rings is 1. The van der Waals surface area contributed by atoms with Crippen molar-refractivity contribution in [1.29, 1.82) is 0 Å². The van der Waals surface area contributed by atoms with Crippen molar-refractivity contribution in [2.24, 2.45) is 5.92 Å². The Kier molecular flexibility index (Phi) is 4.64. The fraction of sp³-hybridized carbons (Fsp3) is 0.389. The predicted molar refractivity (Wildman–Crippen MR) is 89.8 cm³/mol. The van der Waals surface area contributed by atoms with Crippen molar-refractivity contribution >= 4 is 17.5 Å². The molecule has 6 nitrogen and oxygen atoms in total. The number of amides is 2. The summed E-state index contributed by atoms with van der Waals surface area (Å²) in [6, 6.07) is 9.59. The lowest BCUT2D eigenvalue weighted by molar-refractivity contribution is -0.117. The van der Waals surface area contributed by atoms with E-state index in [1.54, 1.807) is 4.90 Å². The number of rotatable bonds is 5. The van der Waals surface area contributed by atoms with Crippen LogP contribution in [0.5, 0.6) is 0 Å². The molecule has 0 bridgehead atoms. The highest BCUT2D eigenvalue weighted by Crippen LogP contribution is 2.24. The van der Waals surface area contributed by atoms with E-state index < -0.39 is 0 Å². The van der Waals surface area contributed by atoms with Crippen LogP contribution in [0.3, 0.4) is 0 Å². The number of anilines is 1. The van der Waals surface area contributed by atoms with E-state index >= 15 is 0 Å². The van der Waals surface area contributed by atoms with Crippen LogP contribution in [0.4, 0.5) is 5.69 Å². The van der Waals surface area contributed by atoms with Gasteiger partial charge in [-0.2, -0.15) is 0 Å². The Labute approximate surface area is 140 Å². The van der Waals surface area contributed by atoms with Gasteiger partial charge in [-0.3, -0.25) is 9.59 Å². The Hall–Kier alpha value is -2.63. The zero-order valence-electron chi connectivity index (χ0n) is 13.9. The molecule has 2 heterocycles. The molecule has 6 heteroatoms. The monoisotopic (exact) mass is 327 g/mol. The number of carbonyl (C=O) groups excluding carboxylic acids is 2. The molecule has 24 heavy (non-hydrogen) atoms. The zero-order chi connectivity index (χ0) is 17.1. The third-order valence-electron chi connectivity index (χ3n) is 4.16. The van der Waals surface area contributed by atoms with Crippen molar-refractivity contribution in [3.8, 4) is 0 Å². The summed E-state index contributed by atoms with van der Waals surface area (Å²) in [6.07, 6.45) is 1.73. The first-order chi connectivity index (χ1) is 11.6. The summed E-state index contributed by atoms with van der Waals surface area (Å²) in [7, 11) is 0.